The standard InChI is InChI=1S/C22H15N5O2/c28-27(29)21-14-8-7-13-18(21)25-26-22-23-19(16-9-3-1-4-10-16)15-20(24-22)17-11-5-2-6-12-17/h1-15H. The van der Waals surface area contributed by atoms with E-state index in [1.54, 1.807) is 12.1 Å². The molecule has 140 valence electrons. The molecular formula is C22H15N5O2. The van der Waals surface area contributed by atoms with Gasteiger partial charge < -0.3 is 0 Å². The molecule has 0 atom stereocenters. The van der Waals surface area contributed by atoms with Gasteiger partial charge in [0.25, 0.3) is 11.6 Å². The van der Waals surface area contributed by atoms with Crippen LogP contribution in [0.5, 0.6) is 0 Å². The predicted octanol–water partition coefficient (Wildman–Crippen LogP) is 6.13. The molecule has 0 radical (unpaired) electrons. The van der Waals surface area contributed by atoms with E-state index in [1.807, 2.05) is 66.7 Å². The maximum Gasteiger partial charge on any atom is 0.296 e. The average molecular weight is 381 g/mol. The number of aromatic nitrogens is 2. The summed E-state index contributed by atoms with van der Waals surface area (Å²) in [6.07, 6.45) is 0. The molecule has 1 heterocycles. The number of hydrogen-bond donors (Lipinski definition) is 0. The number of rotatable bonds is 5. The van der Waals surface area contributed by atoms with E-state index in [1.165, 1.54) is 12.1 Å². The molecule has 0 aliphatic carbocycles. The first kappa shape index (κ1) is 18.1. The Morgan fingerprint density at radius 3 is 1.76 bits per heavy atom. The van der Waals surface area contributed by atoms with Crippen molar-refractivity contribution in [1.29, 1.82) is 0 Å². The van der Waals surface area contributed by atoms with Gasteiger partial charge >= 0.3 is 0 Å². The molecule has 7 nitrogen and oxygen atoms in total. The second-order valence-corrected chi connectivity index (χ2v) is 6.12. The Morgan fingerprint density at radius 1 is 0.690 bits per heavy atom. The molecule has 0 amide bonds. The minimum atomic E-state index is -0.495. The first-order chi connectivity index (χ1) is 14.2. The van der Waals surface area contributed by atoms with Gasteiger partial charge in [0.2, 0.25) is 0 Å². The fourth-order valence-electron chi connectivity index (χ4n) is 2.79. The van der Waals surface area contributed by atoms with E-state index in [4.69, 9.17) is 0 Å². The normalized spacial score (nSPS) is 10.9. The van der Waals surface area contributed by atoms with Gasteiger partial charge in [0.1, 0.15) is 0 Å². The Kier molecular flexibility index (Phi) is 5.11. The third-order valence-corrected chi connectivity index (χ3v) is 4.18. The van der Waals surface area contributed by atoms with Crippen LogP contribution in [0, 0.1) is 10.1 Å². The third-order valence-electron chi connectivity index (χ3n) is 4.18. The van der Waals surface area contributed by atoms with E-state index in [0.717, 1.165) is 11.1 Å². The molecule has 4 aromatic rings. The maximum absolute atomic E-state index is 11.2. The highest BCUT2D eigenvalue weighted by Gasteiger charge is 2.13. The summed E-state index contributed by atoms with van der Waals surface area (Å²) in [5, 5.41) is 19.3. The number of hydrogen-bond acceptors (Lipinski definition) is 6. The number of nitro groups is 1. The van der Waals surface area contributed by atoms with Crippen molar-refractivity contribution in [3.05, 3.63) is 101 Å². The monoisotopic (exact) mass is 381 g/mol. The van der Waals surface area contributed by atoms with Crippen LogP contribution >= 0.6 is 0 Å². The van der Waals surface area contributed by atoms with E-state index < -0.39 is 4.92 Å². The molecule has 3 aromatic carbocycles. The summed E-state index contributed by atoms with van der Waals surface area (Å²) in [5.41, 5.74) is 3.22. The van der Waals surface area contributed by atoms with Gasteiger partial charge in [-0.15, -0.1) is 10.2 Å². The van der Waals surface area contributed by atoms with Crippen LogP contribution in [0.15, 0.2) is 101 Å². The van der Waals surface area contributed by atoms with Crippen molar-refractivity contribution in [2.45, 2.75) is 0 Å². The highest BCUT2D eigenvalue weighted by molar-refractivity contribution is 5.69. The number of azo groups is 1. The summed E-state index contributed by atoms with van der Waals surface area (Å²) in [6.45, 7) is 0. The van der Waals surface area contributed by atoms with Gasteiger partial charge in [-0.2, -0.15) is 0 Å². The van der Waals surface area contributed by atoms with Crippen molar-refractivity contribution in [2.75, 3.05) is 0 Å². The molecule has 29 heavy (non-hydrogen) atoms. The molecule has 0 saturated carbocycles. The van der Waals surface area contributed by atoms with Gasteiger partial charge in [0.15, 0.2) is 5.69 Å². The quantitative estimate of drug-likeness (QED) is 0.236. The topological polar surface area (TPSA) is 93.6 Å². The Hall–Kier alpha value is -4.26. The first-order valence-corrected chi connectivity index (χ1v) is 8.86. The molecule has 7 heteroatoms. The third kappa shape index (κ3) is 4.19. The molecule has 0 bridgehead atoms. The fourth-order valence-corrected chi connectivity index (χ4v) is 2.79. The molecule has 0 spiro atoms. The smallest absolute Gasteiger partial charge is 0.258 e. The van der Waals surface area contributed by atoms with Gasteiger partial charge in [0.05, 0.1) is 16.3 Å². The Bertz CT molecular complexity index is 1120. The zero-order valence-electron chi connectivity index (χ0n) is 15.2. The van der Waals surface area contributed by atoms with E-state index >= 15 is 0 Å². The Labute approximate surface area is 166 Å². The molecule has 0 unspecified atom stereocenters. The number of para-hydroxylation sites is 1. The Morgan fingerprint density at radius 2 is 1.21 bits per heavy atom. The second-order valence-electron chi connectivity index (χ2n) is 6.12. The molecule has 0 saturated heterocycles. The van der Waals surface area contributed by atoms with Crippen LogP contribution in [0.1, 0.15) is 0 Å². The van der Waals surface area contributed by atoms with Crippen molar-refractivity contribution in [1.82, 2.24) is 9.97 Å². The number of nitro benzene ring substituents is 1. The summed E-state index contributed by atoms with van der Waals surface area (Å²) in [5.74, 6) is 0.128. The van der Waals surface area contributed by atoms with Crippen molar-refractivity contribution >= 4 is 17.3 Å². The molecule has 4 rings (SSSR count). The van der Waals surface area contributed by atoms with Gasteiger partial charge in [-0.1, -0.05) is 72.8 Å². The van der Waals surface area contributed by atoms with E-state index in [-0.39, 0.29) is 17.3 Å². The van der Waals surface area contributed by atoms with Crippen molar-refractivity contribution in [3.8, 4) is 22.5 Å². The van der Waals surface area contributed by atoms with Gasteiger partial charge in [-0.05, 0) is 12.1 Å². The molecule has 0 N–H and O–H groups in total. The van der Waals surface area contributed by atoms with Crippen LogP contribution in [0.25, 0.3) is 22.5 Å². The van der Waals surface area contributed by atoms with Gasteiger partial charge in [0, 0.05) is 17.2 Å². The summed E-state index contributed by atoms with van der Waals surface area (Å²) in [4.78, 5) is 19.6. The van der Waals surface area contributed by atoms with Gasteiger partial charge in [-0.25, -0.2) is 9.97 Å². The SMILES string of the molecule is O=[N+]([O-])c1ccccc1N=Nc1nc(-c2ccccc2)cc(-c2ccccc2)n1. The van der Waals surface area contributed by atoms with E-state index in [9.17, 15) is 10.1 Å². The first-order valence-electron chi connectivity index (χ1n) is 8.86. The molecule has 0 aliphatic rings. The lowest BCUT2D eigenvalue weighted by Crippen LogP contribution is -1.91. The number of benzene rings is 3. The largest absolute Gasteiger partial charge is 0.296 e. The van der Waals surface area contributed by atoms with Crippen LogP contribution in [-0.2, 0) is 0 Å². The highest BCUT2D eigenvalue weighted by atomic mass is 16.6. The molecule has 0 aliphatic heterocycles. The van der Waals surface area contributed by atoms with E-state index in [2.05, 4.69) is 20.2 Å². The molecule has 1 aromatic heterocycles. The summed E-state index contributed by atoms with van der Waals surface area (Å²) < 4.78 is 0. The summed E-state index contributed by atoms with van der Waals surface area (Å²) in [6, 6.07) is 27.4. The maximum atomic E-state index is 11.2. The van der Waals surface area contributed by atoms with Crippen LogP contribution < -0.4 is 0 Å². The van der Waals surface area contributed by atoms with E-state index in [0.29, 0.717) is 11.4 Å². The second kappa shape index (κ2) is 8.18. The average Bonchev–Trinajstić information content (AvgIpc) is 2.79. The Balaban J connectivity index is 1.80. The van der Waals surface area contributed by atoms with Crippen molar-refractivity contribution in [2.24, 2.45) is 10.2 Å². The highest BCUT2D eigenvalue weighted by Crippen LogP contribution is 2.29. The van der Waals surface area contributed by atoms with Crippen LogP contribution in [0.2, 0.25) is 0 Å². The van der Waals surface area contributed by atoms with Crippen molar-refractivity contribution in [3.63, 3.8) is 0 Å². The molecule has 0 fully saturated rings. The van der Waals surface area contributed by atoms with Crippen LogP contribution in [0.4, 0.5) is 17.3 Å². The fraction of sp³-hybridized carbons (Fsp3) is 0. The zero-order valence-corrected chi connectivity index (χ0v) is 15.2. The molecular weight excluding hydrogens is 366 g/mol. The van der Waals surface area contributed by atoms with Crippen LogP contribution in [-0.4, -0.2) is 14.9 Å². The zero-order chi connectivity index (χ0) is 20.1. The number of nitrogens with zero attached hydrogens (tertiary/aromatic N) is 5. The summed E-state index contributed by atoms with van der Waals surface area (Å²) in [7, 11) is 0. The minimum absolute atomic E-state index is 0.126. The lowest BCUT2D eigenvalue weighted by Gasteiger charge is -2.06. The lowest BCUT2D eigenvalue weighted by molar-refractivity contribution is -0.384. The van der Waals surface area contributed by atoms with Gasteiger partial charge in [-0.3, -0.25) is 10.1 Å². The minimum Gasteiger partial charge on any atom is -0.258 e. The lowest BCUT2D eigenvalue weighted by atomic mass is 10.1. The summed E-state index contributed by atoms with van der Waals surface area (Å²) >= 11 is 0. The van der Waals surface area contributed by atoms with Crippen molar-refractivity contribution < 1.29 is 4.92 Å². The van der Waals surface area contributed by atoms with Crippen LogP contribution in [0.3, 0.4) is 0 Å². The predicted molar refractivity (Wildman–Crippen MR) is 110 cm³/mol.